The molecule has 1 atom stereocenters. The number of nitrogens with zero attached hydrogens (tertiary/aromatic N) is 1. The van der Waals surface area contributed by atoms with Crippen molar-refractivity contribution < 1.29 is 23.1 Å². The zero-order valence-electron chi connectivity index (χ0n) is 13.1. The molecule has 0 spiro atoms. The highest BCUT2D eigenvalue weighted by Crippen LogP contribution is 2.30. The van der Waals surface area contributed by atoms with Crippen LogP contribution in [0.4, 0.5) is 5.69 Å². The van der Waals surface area contributed by atoms with E-state index in [2.05, 4.69) is 5.32 Å². The third kappa shape index (κ3) is 4.22. The molecule has 2 rings (SSSR count). The summed E-state index contributed by atoms with van der Waals surface area (Å²) in [5, 5.41) is 11.4. The van der Waals surface area contributed by atoms with Crippen LogP contribution >= 0.6 is 0 Å². The fourth-order valence-corrected chi connectivity index (χ4v) is 3.53. The van der Waals surface area contributed by atoms with Crippen molar-refractivity contribution in [1.29, 1.82) is 0 Å². The summed E-state index contributed by atoms with van der Waals surface area (Å²) in [5.41, 5.74) is 1.88. The molecule has 1 aliphatic heterocycles. The van der Waals surface area contributed by atoms with Crippen LogP contribution in [0.2, 0.25) is 0 Å². The zero-order chi connectivity index (χ0) is 17.2. The molecule has 1 aliphatic rings. The number of nitrogens with one attached hydrogen (secondary N) is 1. The van der Waals surface area contributed by atoms with Gasteiger partial charge in [-0.3, -0.25) is 13.9 Å². The Labute approximate surface area is 135 Å². The van der Waals surface area contributed by atoms with Crippen LogP contribution in [0.5, 0.6) is 0 Å². The van der Waals surface area contributed by atoms with E-state index in [1.165, 1.54) is 4.31 Å². The Morgan fingerprint density at radius 3 is 2.70 bits per heavy atom. The highest BCUT2D eigenvalue weighted by atomic mass is 32.2. The van der Waals surface area contributed by atoms with E-state index in [9.17, 15) is 18.0 Å². The molecule has 1 unspecified atom stereocenters. The number of amides is 1. The fourth-order valence-electron chi connectivity index (χ4n) is 2.58. The van der Waals surface area contributed by atoms with Gasteiger partial charge in [0.25, 0.3) is 5.91 Å². The maximum Gasteiger partial charge on any atom is 0.303 e. The van der Waals surface area contributed by atoms with Gasteiger partial charge in [-0.25, -0.2) is 8.42 Å². The van der Waals surface area contributed by atoms with Gasteiger partial charge in [-0.05, 0) is 43.5 Å². The molecular formula is C15H20N2O5S. The van der Waals surface area contributed by atoms with Crippen LogP contribution in [-0.4, -0.2) is 44.2 Å². The van der Waals surface area contributed by atoms with Crippen molar-refractivity contribution in [2.45, 2.75) is 32.2 Å². The van der Waals surface area contributed by atoms with E-state index < -0.39 is 16.0 Å². The van der Waals surface area contributed by atoms with Crippen LogP contribution in [0.3, 0.4) is 0 Å². The molecule has 1 aromatic rings. The van der Waals surface area contributed by atoms with Gasteiger partial charge < -0.3 is 10.4 Å². The fraction of sp³-hybridized carbons (Fsp3) is 0.467. The minimum atomic E-state index is -3.31. The second-order valence-electron chi connectivity index (χ2n) is 5.74. The smallest absolute Gasteiger partial charge is 0.303 e. The summed E-state index contributed by atoms with van der Waals surface area (Å²) in [4.78, 5) is 22.7. The Kier molecular flexibility index (Phi) is 4.93. The normalized spacial score (nSPS) is 15.1. The van der Waals surface area contributed by atoms with Crippen LogP contribution < -0.4 is 9.62 Å². The van der Waals surface area contributed by atoms with Gasteiger partial charge in [0.2, 0.25) is 10.0 Å². The molecule has 1 heterocycles. The quantitative estimate of drug-likeness (QED) is 0.804. The van der Waals surface area contributed by atoms with Crippen molar-refractivity contribution in [3.63, 3.8) is 0 Å². The minimum Gasteiger partial charge on any atom is -0.481 e. The largest absolute Gasteiger partial charge is 0.481 e. The lowest BCUT2D eigenvalue weighted by molar-refractivity contribution is -0.137. The Hall–Kier alpha value is -2.09. The lowest BCUT2D eigenvalue weighted by Gasteiger charge is -2.17. The van der Waals surface area contributed by atoms with Gasteiger partial charge in [-0.15, -0.1) is 0 Å². The first-order valence-electron chi connectivity index (χ1n) is 7.32. The Balaban J connectivity index is 2.08. The van der Waals surface area contributed by atoms with E-state index in [1.807, 2.05) is 0 Å². The van der Waals surface area contributed by atoms with Crippen LogP contribution in [0, 0.1) is 0 Å². The number of hydrogen-bond donors (Lipinski definition) is 2. The van der Waals surface area contributed by atoms with Crippen LogP contribution in [0.25, 0.3) is 0 Å². The molecule has 0 bridgehead atoms. The van der Waals surface area contributed by atoms with Gasteiger partial charge in [0.15, 0.2) is 0 Å². The summed E-state index contributed by atoms with van der Waals surface area (Å²) < 4.78 is 24.7. The second-order valence-corrected chi connectivity index (χ2v) is 7.64. The summed E-state index contributed by atoms with van der Waals surface area (Å²) in [7, 11) is -3.31. The van der Waals surface area contributed by atoms with E-state index in [0.717, 1.165) is 11.8 Å². The van der Waals surface area contributed by atoms with Crippen molar-refractivity contribution in [3.05, 3.63) is 29.3 Å². The SMILES string of the molecule is CC(CCC(=O)O)NC(=O)c1ccc2c(c1)CCN2S(C)(=O)=O. The topological polar surface area (TPSA) is 104 Å². The molecule has 0 saturated heterocycles. The molecule has 0 radical (unpaired) electrons. The number of carbonyl (C=O) groups excluding carboxylic acids is 1. The first kappa shape index (κ1) is 17.3. The second kappa shape index (κ2) is 6.57. The third-order valence-corrected chi connectivity index (χ3v) is 4.94. The summed E-state index contributed by atoms with van der Waals surface area (Å²) in [6.45, 7) is 2.13. The number of hydrogen-bond acceptors (Lipinski definition) is 4. The van der Waals surface area contributed by atoms with E-state index in [0.29, 0.717) is 30.6 Å². The summed E-state index contributed by atoms with van der Waals surface area (Å²) in [6.07, 6.45) is 2.08. The number of aliphatic carboxylic acids is 1. The minimum absolute atomic E-state index is 0.00501. The third-order valence-electron chi connectivity index (χ3n) is 3.76. The van der Waals surface area contributed by atoms with Gasteiger partial charge in [0, 0.05) is 24.6 Å². The molecule has 2 N–H and O–H groups in total. The number of sulfonamides is 1. The molecular weight excluding hydrogens is 320 g/mol. The standard InChI is InChI=1S/C15H20N2O5S/c1-10(3-6-14(18)19)16-15(20)12-4-5-13-11(9-12)7-8-17(13)23(2,21)22/h4-5,9-10H,3,6-8H2,1-2H3,(H,16,20)(H,18,19). The Bertz CT molecular complexity index is 729. The molecule has 23 heavy (non-hydrogen) atoms. The van der Waals surface area contributed by atoms with Crippen LogP contribution in [0.15, 0.2) is 18.2 Å². The molecule has 7 nitrogen and oxygen atoms in total. The Morgan fingerprint density at radius 2 is 2.09 bits per heavy atom. The average Bonchev–Trinajstić information content (AvgIpc) is 2.87. The van der Waals surface area contributed by atoms with Crippen LogP contribution in [-0.2, 0) is 21.2 Å². The van der Waals surface area contributed by atoms with Gasteiger partial charge in [-0.1, -0.05) is 0 Å². The maximum absolute atomic E-state index is 12.2. The highest BCUT2D eigenvalue weighted by molar-refractivity contribution is 7.92. The monoisotopic (exact) mass is 340 g/mol. The van der Waals surface area contributed by atoms with E-state index in [4.69, 9.17) is 5.11 Å². The van der Waals surface area contributed by atoms with Gasteiger partial charge >= 0.3 is 5.97 Å². The highest BCUT2D eigenvalue weighted by Gasteiger charge is 2.26. The molecule has 0 saturated carbocycles. The van der Waals surface area contributed by atoms with Crippen molar-refractivity contribution in [3.8, 4) is 0 Å². The predicted molar refractivity (Wildman–Crippen MR) is 86.1 cm³/mol. The number of rotatable bonds is 6. The predicted octanol–water partition coefficient (Wildman–Crippen LogP) is 0.992. The van der Waals surface area contributed by atoms with Crippen LogP contribution in [0.1, 0.15) is 35.7 Å². The van der Waals surface area contributed by atoms with Gasteiger partial charge in [0.1, 0.15) is 0 Å². The molecule has 8 heteroatoms. The first-order valence-corrected chi connectivity index (χ1v) is 9.16. The summed E-state index contributed by atoms with van der Waals surface area (Å²) in [5.74, 6) is -1.19. The van der Waals surface area contributed by atoms with Crippen molar-refractivity contribution in [1.82, 2.24) is 5.32 Å². The van der Waals surface area contributed by atoms with E-state index in [1.54, 1.807) is 25.1 Å². The van der Waals surface area contributed by atoms with Crippen molar-refractivity contribution in [2.24, 2.45) is 0 Å². The zero-order valence-corrected chi connectivity index (χ0v) is 13.9. The van der Waals surface area contributed by atoms with Crippen molar-refractivity contribution >= 4 is 27.6 Å². The molecule has 126 valence electrons. The van der Waals surface area contributed by atoms with E-state index >= 15 is 0 Å². The maximum atomic E-state index is 12.2. The van der Waals surface area contributed by atoms with E-state index in [-0.39, 0.29) is 18.4 Å². The summed E-state index contributed by atoms with van der Waals surface area (Å²) in [6, 6.07) is 4.67. The lowest BCUT2D eigenvalue weighted by Crippen LogP contribution is -2.33. The van der Waals surface area contributed by atoms with Gasteiger partial charge in [0.05, 0.1) is 11.9 Å². The number of fused-ring (bicyclic) bond motifs is 1. The number of carboxylic acids is 1. The molecule has 0 fully saturated rings. The van der Waals surface area contributed by atoms with Gasteiger partial charge in [-0.2, -0.15) is 0 Å². The molecule has 0 aliphatic carbocycles. The summed E-state index contributed by atoms with van der Waals surface area (Å²) >= 11 is 0. The number of carbonyl (C=O) groups is 2. The number of anilines is 1. The van der Waals surface area contributed by atoms with Crippen molar-refractivity contribution in [2.75, 3.05) is 17.1 Å². The number of carboxylic acid groups (broad SMARTS) is 1. The number of benzene rings is 1. The molecule has 1 amide bonds. The lowest BCUT2D eigenvalue weighted by atomic mass is 10.1. The Morgan fingerprint density at radius 1 is 1.39 bits per heavy atom. The molecule has 0 aromatic heterocycles. The average molecular weight is 340 g/mol. The first-order chi connectivity index (χ1) is 10.7. The molecule has 1 aromatic carbocycles.